The molecule has 80 valence electrons. The second-order valence-electron chi connectivity index (χ2n) is 2.95. The van der Waals surface area contributed by atoms with Gasteiger partial charge in [0.15, 0.2) is 5.12 Å². The molecule has 0 saturated carbocycles. The average Bonchev–Trinajstić information content (AvgIpc) is 2.20. The molecule has 1 heterocycles. The predicted molar refractivity (Wildman–Crippen MR) is 61.0 cm³/mol. The highest BCUT2D eigenvalue weighted by Crippen LogP contribution is 2.06. The van der Waals surface area contributed by atoms with Crippen LogP contribution >= 0.6 is 11.8 Å². The van der Waals surface area contributed by atoms with Crippen LogP contribution in [0.3, 0.4) is 0 Å². The number of hydrogen-bond donors (Lipinski definition) is 0. The minimum Gasteiger partial charge on any atom is -0.288 e. The van der Waals surface area contributed by atoms with Gasteiger partial charge in [0.25, 0.3) is 0 Å². The van der Waals surface area contributed by atoms with E-state index in [9.17, 15) is 9.18 Å². The average molecular weight is 225 g/mol. The lowest BCUT2D eigenvalue weighted by Gasteiger charge is -1.93. The van der Waals surface area contributed by atoms with Gasteiger partial charge in [-0.15, -0.1) is 0 Å². The van der Waals surface area contributed by atoms with E-state index in [-0.39, 0.29) is 5.12 Å². The van der Waals surface area contributed by atoms with E-state index in [2.05, 4.69) is 4.98 Å². The Morgan fingerprint density at radius 1 is 1.60 bits per heavy atom. The summed E-state index contributed by atoms with van der Waals surface area (Å²) < 4.78 is 12.4. The Kier molecular flexibility index (Phi) is 5.04. The first-order chi connectivity index (χ1) is 7.18. The number of hydrogen-bond acceptors (Lipinski definition) is 3. The first kappa shape index (κ1) is 11.9. The molecule has 0 aliphatic heterocycles. The molecule has 0 atom stereocenters. The van der Waals surface area contributed by atoms with Gasteiger partial charge in [-0.25, -0.2) is 4.98 Å². The maximum atomic E-state index is 12.4. The summed E-state index contributed by atoms with van der Waals surface area (Å²) >= 11 is 1.30. The standard InChI is InChI=1S/C11H12FNOS/c1-9(14)15-7-3-2-4-10-5-6-11(12)13-8-10/h2,4-6,8H,3,7H2,1H3. The zero-order valence-electron chi connectivity index (χ0n) is 8.44. The van der Waals surface area contributed by atoms with Gasteiger partial charge in [-0.1, -0.05) is 23.9 Å². The molecular weight excluding hydrogens is 213 g/mol. The minimum absolute atomic E-state index is 0.131. The number of thioether (sulfide) groups is 1. The minimum atomic E-state index is -0.473. The number of carbonyl (C=O) groups is 1. The van der Waals surface area contributed by atoms with Crippen molar-refractivity contribution in [3.05, 3.63) is 35.9 Å². The van der Waals surface area contributed by atoms with E-state index in [1.807, 2.05) is 12.2 Å². The third kappa shape index (κ3) is 5.32. The van der Waals surface area contributed by atoms with Crippen molar-refractivity contribution in [1.82, 2.24) is 4.98 Å². The Hall–Kier alpha value is -1.16. The summed E-state index contributed by atoms with van der Waals surface area (Å²) in [6.07, 6.45) is 6.11. The summed E-state index contributed by atoms with van der Waals surface area (Å²) in [6, 6.07) is 2.99. The van der Waals surface area contributed by atoms with Crippen molar-refractivity contribution in [1.29, 1.82) is 0 Å². The van der Waals surface area contributed by atoms with Crippen molar-refractivity contribution in [2.75, 3.05) is 5.75 Å². The Balaban J connectivity index is 2.32. The van der Waals surface area contributed by atoms with E-state index in [4.69, 9.17) is 0 Å². The van der Waals surface area contributed by atoms with Crippen molar-refractivity contribution in [2.45, 2.75) is 13.3 Å². The van der Waals surface area contributed by atoms with Gasteiger partial charge >= 0.3 is 0 Å². The lowest BCUT2D eigenvalue weighted by Crippen LogP contribution is -1.84. The maximum absolute atomic E-state index is 12.4. The van der Waals surface area contributed by atoms with Crippen LogP contribution in [0.5, 0.6) is 0 Å². The largest absolute Gasteiger partial charge is 0.288 e. The number of carbonyl (C=O) groups excluding carboxylic acids is 1. The molecule has 0 saturated heterocycles. The Morgan fingerprint density at radius 3 is 3.00 bits per heavy atom. The van der Waals surface area contributed by atoms with Crippen LogP contribution in [0.15, 0.2) is 24.4 Å². The third-order valence-corrected chi connectivity index (χ3v) is 2.50. The van der Waals surface area contributed by atoms with Crippen LogP contribution in [0.25, 0.3) is 6.08 Å². The van der Waals surface area contributed by atoms with Gasteiger partial charge in [-0.2, -0.15) is 4.39 Å². The van der Waals surface area contributed by atoms with Crippen LogP contribution in [0.2, 0.25) is 0 Å². The molecule has 0 aromatic carbocycles. The first-order valence-electron chi connectivity index (χ1n) is 4.60. The molecule has 0 radical (unpaired) electrons. The quantitative estimate of drug-likeness (QED) is 0.583. The molecule has 2 nitrogen and oxygen atoms in total. The zero-order chi connectivity index (χ0) is 11.1. The molecule has 1 aromatic rings. The molecule has 0 aliphatic rings. The van der Waals surface area contributed by atoms with E-state index < -0.39 is 5.95 Å². The first-order valence-corrected chi connectivity index (χ1v) is 5.58. The summed E-state index contributed by atoms with van der Waals surface area (Å²) in [4.78, 5) is 14.1. The van der Waals surface area contributed by atoms with Gasteiger partial charge in [0.1, 0.15) is 0 Å². The smallest absolute Gasteiger partial charge is 0.212 e. The predicted octanol–water partition coefficient (Wildman–Crippen LogP) is 2.90. The number of rotatable bonds is 4. The third-order valence-electron chi connectivity index (χ3n) is 1.65. The van der Waals surface area contributed by atoms with Crippen LogP contribution in [0.4, 0.5) is 4.39 Å². The number of halogens is 1. The van der Waals surface area contributed by atoms with Gasteiger partial charge in [0, 0.05) is 18.9 Å². The van der Waals surface area contributed by atoms with E-state index in [1.54, 1.807) is 13.0 Å². The molecule has 0 spiro atoms. The van der Waals surface area contributed by atoms with E-state index in [1.165, 1.54) is 24.0 Å². The normalized spacial score (nSPS) is 10.8. The molecule has 0 bridgehead atoms. The molecule has 15 heavy (non-hydrogen) atoms. The molecule has 0 aliphatic carbocycles. The number of nitrogens with zero attached hydrogens (tertiary/aromatic N) is 1. The number of allylic oxidation sites excluding steroid dienone is 1. The molecule has 0 unspecified atom stereocenters. The second-order valence-corrected chi connectivity index (χ2v) is 4.22. The Bertz CT molecular complexity index is 348. The zero-order valence-corrected chi connectivity index (χ0v) is 9.26. The lowest BCUT2D eigenvalue weighted by atomic mass is 10.2. The van der Waals surface area contributed by atoms with Gasteiger partial charge in [0.05, 0.1) is 0 Å². The summed E-state index contributed by atoms with van der Waals surface area (Å²) in [5, 5.41) is 0.131. The lowest BCUT2D eigenvalue weighted by molar-refractivity contribution is -0.109. The van der Waals surface area contributed by atoms with Gasteiger partial charge in [-0.05, 0) is 24.1 Å². The molecule has 1 aromatic heterocycles. The van der Waals surface area contributed by atoms with Crippen molar-refractivity contribution in [3.8, 4) is 0 Å². The summed E-state index contributed by atoms with van der Waals surface area (Å²) in [5.41, 5.74) is 0.865. The summed E-state index contributed by atoms with van der Waals surface area (Å²) in [7, 11) is 0. The fourth-order valence-corrected chi connectivity index (χ4v) is 1.52. The summed E-state index contributed by atoms with van der Waals surface area (Å²) in [6.45, 7) is 1.55. The van der Waals surface area contributed by atoms with E-state index in [0.717, 1.165) is 17.7 Å². The SMILES string of the molecule is CC(=O)SCCC=Cc1ccc(F)nc1. The van der Waals surface area contributed by atoms with E-state index >= 15 is 0 Å². The van der Waals surface area contributed by atoms with Crippen LogP contribution in [0, 0.1) is 5.95 Å². The Labute approximate surface area is 92.6 Å². The van der Waals surface area contributed by atoms with Gasteiger partial charge in [-0.3, -0.25) is 4.79 Å². The Morgan fingerprint density at radius 2 is 2.40 bits per heavy atom. The monoisotopic (exact) mass is 225 g/mol. The molecule has 0 N–H and O–H groups in total. The van der Waals surface area contributed by atoms with Crippen LogP contribution in [0.1, 0.15) is 18.9 Å². The highest BCUT2D eigenvalue weighted by atomic mass is 32.2. The van der Waals surface area contributed by atoms with Crippen LogP contribution in [-0.4, -0.2) is 15.9 Å². The van der Waals surface area contributed by atoms with Crippen molar-refractivity contribution >= 4 is 23.0 Å². The molecule has 4 heteroatoms. The van der Waals surface area contributed by atoms with Gasteiger partial charge < -0.3 is 0 Å². The molecule has 0 fully saturated rings. The van der Waals surface area contributed by atoms with Crippen molar-refractivity contribution in [3.63, 3.8) is 0 Å². The highest BCUT2D eigenvalue weighted by molar-refractivity contribution is 8.13. The van der Waals surface area contributed by atoms with Gasteiger partial charge in [0.2, 0.25) is 5.95 Å². The fourth-order valence-electron chi connectivity index (χ4n) is 0.976. The molecule has 1 rings (SSSR count). The fraction of sp³-hybridized carbons (Fsp3) is 0.273. The van der Waals surface area contributed by atoms with Crippen molar-refractivity contribution in [2.24, 2.45) is 0 Å². The number of pyridine rings is 1. The molecule has 0 amide bonds. The highest BCUT2D eigenvalue weighted by Gasteiger charge is 1.92. The number of aromatic nitrogens is 1. The van der Waals surface area contributed by atoms with Crippen molar-refractivity contribution < 1.29 is 9.18 Å². The topological polar surface area (TPSA) is 30.0 Å². The van der Waals surface area contributed by atoms with Crippen LogP contribution in [-0.2, 0) is 4.79 Å². The van der Waals surface area contributed by atoms with E-state index in [0.29, 0.717) is 0 Å². The summed E-state index contributed by atoms with van der Waals surface area (Å²) in [5.74, 6) is 0.305. The van der Waals surface area contributed by atoms with Crippen LogP contribution < -0.4 is 0 Å². The maximum Gasteiger partial charge on any atom is 0.212 e. The molecular formula is C11H12FNOS. The second kappa shape index (κ2) is 6.35.